The first kappa shape index (κ1) is 14.7. The molecule has 4 heteroatoms. The molecule has 0 bridgehead atoms. The average Bonchev–Trinajstić information content (AvgIpc) is 2.53. The molecule has 1 aliphatic carbocycles. The normalized spacial score (nSPS) is 14.1. The summed E-state index contributed by atoms with van der Waals surface area (Å²) in [5.41, 5.74) is 2.83. The van der Waals surface area contributed by atoms with Crippen molar-refractivity contribution in [2.45, 2.75) is 6.92 Å². The van der Waals surface area contributed by atoms with Crippen LogP contribution in [-0.4, -0.2) is 18.7 Å². The molecule has 0 heterocycles. The van der Waals surface area contributed by atoms with Gasteiger partial charge >= 0.3 is 0 Å². The van der Waals surface area contributed by atoms with Crippen LogP contribution in [0.25, 0.3) is 5.57 Å². The number of hydrogen-bond acceptors (Lipinski definition) is 3. The maximum atomic E-state index is 12.8. The fourth-order valence-corrected chi connectivity index (χ4v) is 3.24. The number of benzene rings is 2. The van der Waals surface area contributed by atoms with Gasteiger partial charge in [0.25, 0.3) is 0 Å². The van der Waals surface area contributed by atoms with E-state index in [1.54, 1.807) is 43.5 Å². The van der Waals surface area contributed by atoms with Crippen molar-refractivity contribution >= 4 is 33.1 Å². The van der Waals surface area contributed by atoms with E-state index in [2.05, 4.69) is 15.9 Å². The molecule has 0 fully saturated rings. The highest BCUT2D eigenvalue weighted by Crippen LogP contribution is 2.36. The Morgan fingerprint density at radius 1 is 0.955 bits per heavy atom. The Bertz CT molecular complexity index is 817. The van der Waals surface area contributed by atoms with Gasteiger partial charge in [0.1, 0.15) is 5.75 Å². The van der Waals surface area contributed by atoms with E-state index in [-0.39, 0.29) is 11.6 Å². The second-order valence-electron chi connectivity index (χ2n) is 5.07. The molecular weight excluding hydrogens is 344 g/mol. The van der Waals surface area contributed by atoms with Gasteiger partial charge in [0.15, 0.2) is 5.78 Å². The van der Waals surface area contributed by atoms with E-state index in [1.807, 2.05) is 13.0 Å². The minimum Gasteiger partial charge on any atom is -0.497 e. The summed E-state index contributed by atoms with van der Waals surface area (Å²) in [5, 5.41) is 0. The second kappa shape index (κ2) is 5.54. The fourth-order valence-electron chi connectivity index (χ4n) is 2.63. The van der Waals surface area contributed by atoms with Gasteiger partial charge in [0, 0.05) is 16.7 Å². The van der Waals surface area contributed by atoms with Crippen LogP contribution in [0.5, 0.6) is 5.75 Å². The number of ketones is 2. The Kier molecular flexibility index (Phi) is 3.71. The van der Waals surface area contributed by atoms with Gasteiger partial charge in [0.05, 0.1) is 11.6 Å². The number of carbonyl (C=O) groups is 2. The molecule has 110 valence electrons. The largest absolute Gasteiger partial charge is 0.497 e. The first-order valence-electron chi connectivity index (χ1n) is 6.77. The lowest BCUT2D eigenvalue weighted by Gasteiger charge is -2.19. The number of ether oxygens (including phenoxy) is 1. The third-order valence-electron chi connectivity index (χ3n) is 3.77. The standard InChI is InChI=1S/C18H13BrO3/c1-10-4-3-5-13-14(10)18(21)16(19)15(17(13)20)11-6-8-12(22-2)9-7-11/h3-9H,1-2H3. The van der Waals surface area contributed by atoms with Crippen LogP contribution in [0.3, 0.4) is 0 Å². The highest BCUT2D eigenvalue weighted by atomic mass is 79.9. The van der Waals surface area contributed by atoms with Gasteiger partial charge in [-0.25, -0.2) is 0 Å². The lowest BCUT2D eigenvalue weighted by atomic mass is 9.84. The summed E-state index contributed by atoms with van der Waals surface area (Å²) in [6.07, 6.45) is 0. The summed E-state index contributed by atoms with van der Waals surface area (Å²) in [6.45, 7) is 1.84. The summed E-state index contributed by atoms with van der Waals surface area (Å²) in [4.78, 5) is 25.4. The molecule has 0 radical (unpaired) electrons. The molecule has 0 unspecified atom stereocenters. The van der Waals surface area contributed by atoms with Crippen LogP contribution in [-0.2, 0) is 0 Å². The summed E-state index contributed by atoms with van der Waals surface area (Å²) in [5.74, 6) is 0.403. The van der Waals surface area contributed by atoms with Crippen LogP contribution < -0.4 is 4.74 Å². The predicted octanol–water partition coefficient (Wildman–Crippen LogP) is 4.19. The Morgan fingerprint density at radius 2 is 1.64 bits per heavy atom. The zero-order chi connectivity index (χ0) is 15.9. The summed E-state index contributed by atoms with van der Waals surface area (Å²) in [6, 6.07) is 12.4. The number of aryl methyl sites for hydroxylation is 1. The number of methoxy groups -OCH3 is 1. The third-order valence-corrected chi connectivity index (χ3v) is 4.53. The average molecular weight is 357 g/mol. The number of hydrogen-bond donors (Lipinski definition) is 0. The van der Waals surface area contributed by atoms with Crippen LogP contribution >= 0.6 is 15.9 Å². The topological polar surface area (TPSA) is 43.4 Å². The molecule has 2 aromatic carbocycles. The smallest absolute Gasteiger partial charge is 0.201 e. The van der Waals surface area contributed by atoms with Crippen molar-refractivity contribution in [3.63, 3.8) is 0 Å². The molecule has 2 aromatic rings. The first-order valence-corrected chi connectivity index (χ1v) is 7.57. The zero-order valence-electron chi connectivity index (χ0n) is 12.1. The number of allylic oxidation sites excluding steroid dienone is 2. The molecule has 0 aromatic heterocycles. The van der Waals surface area contributed by atoms with Crippen molar-refractivity contribution in [1.29, 1.82) is 0 Å². The minimum atomic E-state index is -0.154. The predicted molar refractivity (Wildman–Crippen MR) is 88.7 cm³/mol. The molecule has 0 atom stereocenters. The number of Topliss-reactive ketones (excluding diaryl/α,β-unsaturated/α-hetero) is 2. The molecule has 0 spiro atoms. The third kappa shape index (κ3) is 2.20. The maximum Gasteiger partial charge on any atom is 0.201 e. The molecule has 0 N–H and O–H groups in total. The van der Waals surface area contributed by atoms with E-state index >= 15 is 0 Å². The lowest BCUT2D eigenvalue weighted by Crippen LogP contribution is -2.20. The summed E-state index contributed by atoms with van der Waals surface area (Å²) in [7, 11) is 1.58. The van der Waals surface area contributed by atoms with Crippen LogP contribution in [0, 0.1) is 6.92 Å². The maximum absolute atomic E-state index is 12.8. The summed E-state index contributed by atoms with van der Waals surface area (Å²) >= 11 is 3.31. The molecule has 0 saturated heterocycles. The SMILES string of the molecule is COc1ccc(C2=C(Br)C(=O)c3c(C)cccc3C2=O)cc1. The van der Waals surface area contributed by atoms with Crippen molar-refractivity contribution in [3.05, 3.63) is 69.2 Å². The quantitative estimate of drug-likeness (QED) is 0.810. The van der Waals surface area contributed by atoms with Gasteiger partial charge in [0.2, 0.25) is 5.78 Å². The second-order valence-corrected chi connectivity index (χ2v) is 5.87. The van der Waals surface area contributed by atoms with Crippen molar-refractivity contribution in [2.75, 3.05) is 7.11 Å². The first-order chi connectivity index (χ1) is 10.5. The number of fused-ring (bicyclic) bond motifs is 1. The van der Waals surface area contributed by atoms with E-state index in [4.69, 9.17) is 4.74 Å². The number of carbonyl (C=O) groups excluding carboxylic acids is 2. The Morgan fingerprint density at radius 3 is 2.27 bits per heavy atom. The van der Waals surface area contributed by atoms with Gasteiger partial charge in [-0.2, -0.15) is 0 Å². The van der Waals surface area contributed by atoms with Gasteiger partial charge in [-0.05, 0) is 46.1 Å². The van der Waals surface area contributed by atoms with Crippen molar-refractivity contribution in [3.8, 4) is 5.75 Å². The number of halogens is 1. The molecule has 1 aliphatic rings. The molecule has 3 rings (SSSR count). The number of rotatable bonds is 2. The molecule has 22 heavy (non-hydrogen) atoms. The van der Waals surface area contributed by atoms with E-state index < -0.39 is 0 Å². The Labute approximate surface area is 136 Å². The molecular formula is C18H13BrO3. The van der Waals surface area contributed by atoms with E-state index in [0.717, 1.165) is 5.56 Å². The van der Waals surface area contributed by atoms with Gasteiger partial charge in [-0.1, -0.05) is 30.3 Å². The van der Waals surface area contributed by atoms with Crippen LogP contribution in [0.15, 0.2) is 46.9 Å². The highest BCUT2D eigenvalue weighted by molar-refractivity contribution is 9.12. The van der Waals surface area contributed by atoms with E-state index in [0.29, 0.717) is 32.5 Å². The Hall–Kier alpha value is -2.20. The highest BCUT2D eigenvalue weighted by Gasteiger charge is 2.32. The van der Waals surface area contributed by atoms with Crippen LogP contribution in [0.1, 0.15) is 31.8 Å². The molecule has 0 aliphatic heterocycles. The van der Waals surface area contributed by atoms with E-state index in [9.17, 15) is 9.59 Å². The van der Waals surface area contributed by atoms with Gasteiger partial charge < -0.3 is 4.74 Å². The molecule has 0 amide bonds. The van der Waals surface area contributed by atoms with Crippen molar-refractivity contribution in [1.82, 2.24) is 0 Å². The van der Waals surface area contributed by atoms with Crippen LogP contribution in [0.2, 0.25) is 0 Å². The van der Waals surface area contributed by atoms with E-state index in [1.165, 1.54) is 0 Å². The van der Waals surface area contributed by atoms with Gasteiger partial charge in [-0.3, -0.25) is 9.59 Å². The van der Waals surface area contributed by atoms with Crippen molar-refractivity contribution in [2.24, 2.45) is 0 Å². The van der Waals surface area contributed by atoms with Crippen LogP contribution in [0.4, 0.5) is 0 Å². The molecule has 3 nitrogen and oxygen atoms in total. The fraction of sp³-hybridized carbons (Fsp3) is 0.111. The van der Waals surface area contributed by atoms with Gasteiger partial charge in [-0.15, -0.1) is 0 Å². The Balaban J connectivity index is 2.18. The minimum absolute atomic E-state index is 0.143. The zero-order valence-corrected chi connectivity index (χ0v) is 13.7. The monoisotopic (exact) mass is 356 g/mol. The molecule has 0 saturated carbocycles. The van der Waals surface area contributed by atoms with Crippen molar-refractivity contribution < 1.29 is 14.3 Å². The lowest BCUT2D eigenvalue weighted by molar-refractivity contribution is 0.0998. The summed E-state index contributed by atoms with van der Waals surface area (Å²) < 4.78 is 5.43.